The van der Waals surface area contributed by atoms with Crippen LogP contribution in [0.2, 0.25) is 0 Å². The van der Waals surface area contributed by atoms with Crippen LogP contribution in [0, 0.1) is 5.92 Å². The third kappa shape index (κ3) is 4.04. The van der Waals surface area contributed by atoms with Gasteiger partial charge in [0.2, 0.25) is 0 Å². The lowest BCUT2D eigenvalue weighted by atomic mass is 9.75. The average Bonchev–Trinajstić information content (AvgIpc) is 2.55. The van der Waals surface area contributed by atoms with Crippen molar-refractivity contribution < 1.29 is 19.5 Å². The van der Waals surface area contributed by atoms with Crippen molar-refractivity contribution in [2.45, 2.75) is 44.6 Å². The number of carboxylic acid groups (broad SMARTS) is 1. The normalized spacial score (nSPS) is 23.3. The summed E-state index contributed by atoms with van der Waals surface area (Å²) in [6, 6.07) is 5.50. The number of rotatable bonds is 5. The second kappa shape index (κ2) is 7.33. The van der Waals surface area contributed by atoms with Gasteiger partial charge in [-0.3, -0.25) is 4.79 Å². The number of anilines is 1. The zero-order chi connectivity index (χ0) is 17.7. The van der Waals surface area contributed by atoms with Crippen LogP contribution in [0.25, 0.3) is 0 Å². The molecule has 0 heterocycles. The Morgan fingerprint density at radius 2 is 1.96 bits per heavy atom. The summed E-state index contributed by atoms with van der Waals surface area (Å²) in [5, 5.41) is 14.7. The second-order valence-electron chi connectivity index (χ2n) is 6.26. The van der Waals surface area contributed by atoms with Crippen LogP contribution >= 0.6 is 0 Å². The predicted octanol–water partition coefficient (Wildman–Crippen LogP) is 2.33. The Morgan fingerprint density at radius 1 is 1.29 bits per heavy atom. The molecule has 0 radical (unpaired) electrons. The van der Waals surface area contributed by atoms with E-state index < -0.39 is 23.4 Å². The number of carbonyl (C=O) groups excluding carboxylic acids is 2. The maximum absolute atomic E-state index is 12.5. The highest BCUT2D eigenvalue weighted by Crippen LogP contribution is 2.34. The van der Waals surface area contributed by atoms with Crippen LogP contribution in [-0.2, 0) is 4.79 Å². The molecule has 1 aromatic carbocycles. The Bertz CT molecular complexity index is 636. The largest absolute Gasteiger partial charge is 0.480 e. The van der Waals surface area contributed by atoms with Crippen molar-refractivity contribution in [2.75, 3.05) is 5.32 Å². The van der Waals surface area contributed by atoms with E-state index in [2.05, 4.69) is 17.6 Å². The number of hydrogen-bond acceptors (Lipinski definition) is 3. The van der Waals surface area contributed by atoms with Gasteiger partial charge in [-0.25, -0.2) is 9.59 Å². The van der Waals surface area contributed by atoms with Gasteiger partial charge >= 0.3 is 12.0 Å². The molecule has 1 aromatic rings. The number of nitrogens with two attached hydrogens (primary N) is 1. The Labute approximate surface area is 140 Å². The van der Waals surface area contributed by atoms with E-state index in [0.717, 1.165) is 19.3 Å². The number of carbonyl (C=O) groups is 3. The first-order chi connectivity index (χ1) is 11.4. The van der Waals surface area contributed by atoms with Crippen molar-refractivity contribution >= 4 is 23.6 Å². The van der Waals surface area contributed by atoms with E-state index in [-0.39, 0.29) is 5.56 Å². The molecule has 0 aliphatic heterocycles. The van der Waals surface area contributed by atoms with E-state index in [9.17, 15) is 19.5 Å². The molecule has 130 valence electrons. The molecule has 7 nitrogen and oxygen atoms in total. The Morgan fingerprint density at radius 3 is 2.50 bits per heavy atom. The first-order valence-electron chi connectivity index (χ1n) is 8.08. The minimum absolute atomic E-state index is 0.277. The number of aliphatic carboxylic acids is 1. The molecular formula is C17H23N3O4. The first-order valence-corrected chi connectivity index (χ1v) is 8.08. The highest BCUT2D eigenvalue weighted by Gasteiger charge is 2.43. The third-order valence-corrected chi connectivity index (χ3v) is 4.69. The molecule has 5 N–H and O–H groups in total. The molecule has 7 heteroatoms. The van der Waals surface area contributed by atoms with Crippen molar-refractivity contribution in [3.63, 3.8) is 0 Å². The fourth-order valence-corrected chi connectivity index (χ4v) is 3.14. The fraction of sp³-hybridized carbons (Fsp3) is 0.471. The molecule has 0 spiro atoms. The van der Waals surface area contributed by atoms with Crippen molar-refractivity contribution in [1.82, 2.24) is 5.32 Å². The van der Waals surface area contributed by atoms with Gasteiger partial charge in [0.15, 0.2) is 0 Å². The van der Waals surface area contributed by atoms with Crippen LogP contribution < -0.4 is 16.4 Å². The van der Waals surface area contributed by atoms with Crippen LogP contribution in [0.4, 0.5) is 10.5 Å². The van der Waals surface area contributed by atoms with Crippen molar-refractivity contribution in [2.24, 2.45) is 11.7 Å². The molecule has 3 amide bonds. The molecule has 0 bridgehead atoms. The average molecular weight is 333 g/mol. The fourth-order valence-electron chi connectivity index (χ4n) is 3.14. The molecule has 0 saturated heterocycles. The van der Waals surface area contributed by atoms with Crippen molar-refractivity contribution in [3.8, 4) is 0 Å². The van der Waals surface area contributed by atoms with Gasteiger partial charge in [-0.1, -0.05) is 19.4 Å². The molecule has 1 fully saturated rings. The monoisotopic (exact) mass is 333 g/mol. The summed E-state index contributed by atoms with van der Waals surface area (Å²) in [6.45, 7) is 2.09. The summed E-state index contributed by atoms with van der Waals surface area (Å²) < 4.78 is 0. The number of benzene rings is 1. The summed E-state index contributed by atoms with van der Waals surface area (Å²) >= 11 is 0. The molecule has 0 unspecified atom stereocenters. The molecule has 0 aromatic heterocycles. The molecule has 0 atom stereocenters. The molecule has 24 heavy (non-hydrogen) atoms. The van der Waals surface area contributed by atoms with Crippen LogP contribution in [0.15, 0.2) is 24.3 Å². The van der Waals surface area contributed by atoms with Gasteiger partial charge < -0.3 is 21.5 Å². The second-order valence-corrected chi connectivity index (χ2v) is 6.26. The standard InChI is InChI=1S/C17H23N3O4/c1-2-11-6-8-17(9-7-11,15(22)23)20-14(21)12-4-3-5-13(10-12)19-16(18)24/h3-5,10-11H,2,6-9H2,1H3,(H,20,21)(H,22,23)(H3,18,19,24). The zero-order valence-electron chi connectivity index (χ0n) is 13.7. The van der Waals surface area contributed by atoms with E-state index >= 15 is 0 Å². The van der Waals surface area contributed by atoms with Gasteiger partial charge in [-0.15, -0.1) is 0 Å². The molecule has 2 rings (SSSR count). The number of amides is 3. The van der Waals surface area contributed by atoms with Crippen LogP contribution in [-0.4, -0.2) is 28.6 Å². The summed E-state index contributed by atoms with van der Waals surface area (Å²) in [7, 11) is 0. The van der Waals surface area contributed by atoms with Gasteiger partial charge in [-0.2, -0.15) is 0 Å². The number of urea groups is 1. The van der Waals surface area contributed by atoms with E-state index in [1.54, 1.807) is 18.2 Å². The van der Waals surface area contributed by atoms with Gasteiger partial charge in [0.1, 0.15) is 5.54 Å². The Balaban J connectivity index is 2.14. The van der Waals surface area contributed by atoms with Crippen molar-refractivity contribution in [1.29, 1.82) is 0 Å². The first kappa shape index (κ1) is 17.8. The molecular weight excluding hydrogens is 310 g/mol. The van der Waals surface area contributed by atoms with Gasteiger partial charge in [0, 0.05) is 11.3 Å². The van der Waals surface area contributed by atoms with Gasteiger partial charge in [0.05, 0.1) is 0 Å². The quantitative estimate of drug-likeness (QED) is 0.660. The maximum Gasteiger partial charge on any atom is 0.329 e. The van der Waals surface area contributed by atoms with Gasteiger partial charge in [0.25, 0.3) is 5.91 Å². The maximum atomic E-state index is 12.5. The van der Waals surface area contributed by atoms with Crippen LogP contribution in [0.5, 0.6) is 0 Å². The molecule has 1 saturated carbocycles. The number of carboxylic acids is 1. The predicted molar refractivity (Wildman–Crippen MR) is 89.7 cm³/mol. The minimum Gasteiger partial charge on any atom is -0.480 e. The lowest BCUT2D eigenvalue weighted by Gasteiger charge is -2.37. The summed E-state index contributed by atoms with van der Waals surface area (Å²) in [5.41, 5.74) is 4.49. The SMILES string of the molecule is CCC1CCC(NC(=O)c2cccc(NC(N)=O)c2)(C(=O)O)CC1. The third-order valence-electron chi connectivity index (χ3n) is 4.69. The van der Waals surface area contributed by atoms with Crippen LogP contribution in [0.3, 0.4) is 0 Å². The van der Waals surface area contributed by atoms with E-state index in [1.807, 2.05) is 0 Å². The highest BCUT2D eigenvalue weighted by molar-refractivity contribution is 5.99. The Kier molecular flexibility index (Phi) is 5.43. The van der Waals surface area contributed by atoms with Crippen LogP contribution in [0.1, 0.15) is 49.4 Å². The topological polar surface area (TPSA) is 122 Å². The van der Waals surface area contributed by atoms with Gasteiger partial charge in [-0.05, 0) is 49.8 Å². The molecule has 1 aliphatic carbocycles. The Hall–Kier alpha value is -2.57. The lowest BCUT2D eigenvalue weighted by molar-refractivity contribution is -0.146. The highest BCUT2D eigenvalue weighted by atomic mass is 16.4. The number of hydrogen-bond donors (Lipinski definition) is 4. The van der Waals surface area contributed by atoms with E-state index in [0.29, 0.717) is 24.4 Å². The smallest absolute Gasteiger partial charge is 0.329 e. The number of nitrogens with one attached hydrogen (secondary N) is 2. The summed E-state index contributed by atoms with van der Waals surface area (Å²) in [4.78, 5) is 35.2. The minimum atomic E-state index is -1.23. The zero-order valence-corrected chi connectivity index (χ0v) is 13.7. The summed E-state index contributed by atoms with van der Waals surface area (Å²) in [5.74, 6) is -0.963. The van der Waals surface area contributed by atoms with E-state index in [4.69, 9.17) is 5.73 Å². The van der Waals surface area contributed by atoms with Crippen molar-refractivity contribution in [3.05, 3.63) is 29.8 Å². The van der Waals surface area contributed by atoms with E-state index in [1.165, 1.54) is 6.07 Å². The molecule has 1 aliphatic rings. The number of primary amides is 1. The summed E-state index contributed by atoms with van der Waals surface area (Å²) in [6.07, 6.45) is 3.43. The lowest BCUT2D eigenvalue weighted by Crippen LogP contribution is -2.56.